The van der Waals surface area contributed by atoms with Crippen LogP contribution in [-0.4, -0.2) is 28.0 Å². The molecule has 5 nitrogen and oxygen atoms in total. The number of benzene rings is 1. The van der Waals surface area contributed by atoms with E-state index < -0.39 is 0 Å². The predicted octanol–water partition coefficient (Wildman–Crippen LogP) is 5.56. The summed E-state index contributed by atoms with van der Waals surface area (Å²) in [6.45, 7) is 1.95. The van der Waals surface area contributed by atoms with E-state index in [0.29, 0.717) is 0 Å². The molecule has 5 rings (SSSR count). The highest BCUT2D eigenvalue weighted by Crippen LogP contribution is 2.30. The molecule has 0 radical (unpaired) electrons. The fraction of sp³-hybridized carbons (Fsp3) is 0.158. The van der Waals surface area contributed by atoms with Crippen LogP contribution in [0.2, 0.25) is 0 Å². The second-order valence-corrected chi connectivity index (χ2v) is 7.03. The number of hydrogen-bond donors (Lipinski definition) is 3. The summed E-state index contributed by atoms with van der Waals surface area (Å²) in [5.41, 5.74) is 8.48. The van der Waals surface area contributed by atoms with Gasteiger partial charge in [-0.1, -0.05) is 6.08 Å². The van der Waals surface area contributed by atoms with E-state index in [9.17, 15) is 0 Å². The van der Waals surface area contributed by atoms with Crippen molar-refractivity contribution in [2.75, 3.05) is 18.4 Å². The van der Waals surface area contributed by atoms with Gasteiger partial charge >= 0.3 is 0 Å². The lowest BCUT2D eigenvalue weighted by atomic mass is 10.1. The molecule has 0 saturated heterocycles. The van der Waals surface area contributed by atoms with Crippen LogP contribution in [0.5, 0.6) is 0 Å². The highest BCUT2D eigenvalue weighted by Gasteiger charge is 2.12. The molecule has 0 unspecified atom stereocenters. The van der Waals surface area contributed by atoms with Crippen LogP contribution in [0.3, 0.4) is 0 Å². The number of aromatic amines is 1. The van der Waals surface area contributed by atoms with Gasteiger partial charge in [-0.3, -0.25) is 0 Å². The molecule has 0 atom stereocenters. The summed E-state index contributed by atoms with van der Waals surface area (Å²) in [6, 6.07) is 10.5. The second kappa shape index (κ2) is 9.58. The molecule has 0 fully saturated rings. The Kier molecular flexibility index (Phi) is 7.69. The minimum Gasteiger partial charge on any atom is -0.355 e. The van der Waals surface area contributed by atoms with Gasteiger partial charge in [-0.25, -0.2) is 9.97 Å². The van der Waals surface area contributed by atoms with Crippen molar-refractivity contribution in [2.24, 2.45) is 0 Å². The summed E-state index contributed by atoms with van der Waals surface area (Å²) in [7, 11) is 0. The number of nitrogens with one attached hydrogen (secondary N) is 3. The lowest BCUT2D eigenvalue weighted by Crippen LogP contribution is -2.20. The summed E-state index contributed by atoms with van der Waals surface area (Å²) < 4.78 is 1.19. The zero-order chi connectivity index (χ0) is 16.6. The molecule has 148 valence electrons. The number of rotatable bonds is 3. The molecule has 28 heavy (non-hydrogen) atoms. The van der Waals surface area contributed by atoms with E-state index in [4.69, 9.17) is 0 Å². The van der Waals surface area contributed by atoms with Crippen LogP contribution >= 0.6 is 48.6 Å². The molecule has 4 heterocycles. The Morgan fingerprint density at radius 2 is 1.93 bits per heavy atom. The first-order valence-corrected chi connectivity index (χ1v) is 9.23. The fourth-order valence-electron chi connectivity index (χ4n) is 3.26. The lowest BCUT2D eigenvalue weighted by molar-refractivity contribution is 0.737. The Labute approximate surface area is 185 Å². The number of fused-ring (bicyclic) bond motifs is 2. The average molecular weight is 457 g/mol. The molecular formula is C19H20Cl3N5S. The van der Waals surface area contributed by atoms with Gasteiger partial charge in [0.15, 0.2) is 0 Å². The van der Waals surface area contributed by atoms with E-state index in [2.05, 4.69) is 55.9 Å². The molecule has 1 aromatic carbocycles. The van der Waals surface area contributed by atoms with E-state index in [1.807, 2.05) is 17.8 Å². The summed E-state index contributed by atoms with van der Waals surface area (Å²) in [5.74, 6) is 0. The molecule has 4 aromatic rings. The molecule has 1 aliphatic heterocycles. The summed E-state index contributed by atoms with van der Waals surface area (Å²) in [5, 5.41) is 8.00. The van der Waals surface area contributed by atoms with Gasteiger partial charge in [0.1, 0.15) is 5.65 Å². The largest absolute Gasteiger partial charge is 0.355 e. The fourth-order valence-corrected chi connectivity index (χ4v) is 3.98. The van der Waals surface area contributed by atoms with Crippen molar-refractivity contribution in [2.45, 2.75) is 6.42 Å². The minimum atomic E-state index is 0. The van der Waals surface area contributed by atoms with Gasteiger partial charge in [-0.2, -0.15) is 0 Å². The predicted molar refractivity (Wildman–Crippen MR) is 126 cm³/mol. The Bertz CT molecular complexity index is 1110. The number of thiazole rings is 1. The number of aromatic nitrogens is 3. The standard InChI is InChI=1S/C19H17N5S.3ClH/c1-2-16-18(25-11-22-16)9-13(1)23-15-5-8-21-19-14(15)10-17(24-19)12-3-6-20-7-4-12;;;/h1-3,5,8-11,20H,4,6-7H2,(H2,21,23,24);3*1H. The zero-order valence-corrected chi connectivity index (χ0v) is 18.0. The Morgan fingerprint density at radius 1 is 1.04 bits per heavy atom. The topological polar surface area (TPSA) is 65.6 Å². The third-order valence-electron chi connectivity index (χ3n) is 4.55. The Hall–Kier alpha value is -1.83. The molecule has 9 heteroatoms. The van der Waals surface area contributed by atoms with Gasteiger partial charge in [0.05, 0.1) is 21.4 Å². The van der Waals surface area contributed by atoms with Gasteiger partial charge in [0.2, 0.25) is 0 Å². The number of hydrogen-bond acceptors (Lipinski definition) is 5. The highest BCUT2D eigenvalue weighted by molar-refractivity contribution is 7.16. The molecule has 0 amide bonds. The maximum absolute atomic E-state index is 4.49. The van der Waals surface area contributed by atoms with Crippen LogP contribution in [0, 0.1) is 0 Å². The lowest BCUT2D eigenvalue weighted by Gasteiger charge is -2.12. The number of halogens is 3. The van der Waals surface area contributed by atoms with Gasteiger partial charge in [-0.05, 0) is 48.9 Å². The van der Waals surface area contributed by atoms with Gasteiger partial charge < -0.3 is 15.6 Å². The third kappa shape index (κ3) is 4.26. The SMILES string of the molecule is C1=C(c2cc3c(Nc4ccc5ncsc5c4)ccnc3[nH]2)CCNC1.Cl.Cl.Cl. The van der Waals surface area contributed by atoms with E-state index >= 15 is 0 Å². The van der Waals surface area contributed by atoms with Crippen LogP contribution in [0.25, 0.3) is 26.8 Å². The average Bonchev–Trinajstić information content (AvgIpc) is 3.29. The van der Waals surface area contributed by atoms with E-state index in [1.165, 1.54) is 10.3 Å². The van der Waals surface area contributed by atoms with Crippen molar-refractivity contribution >= 4 is 86.8 Å². The van der Waals surface area contributed by atoms with Crippen LogP contribution in [0.15, 0.2) is 48.1 Å². The Morgan fingerprint density at radius 3 is 2.75 bits per heavy atom. The smallest absolute Gasteiger partial charge is 0.139 e. The monoisotopic (exact) mass is 455 g/mol. The summed E-state index contributed by atoms with van der Waals surface area (Å²) in [4.78, 5) is 12.3. The van der Waals surface area contributed by atoms with Crippen LogP contribution < -0.4 is 10.6 Å². The van der Waals surface area contributed by atoms with Gasteiger partial charge in [0.25, 0.3) is 0 Å². The van der Waals surface area contributed by atoms with Crippen molar-refractivity contribution in [3.63, 3.8) is 0 Å². The normalized spacial score (nSPS) is 13.2. The first-order valence-electron chi connectivity index (χ1n) is 8.35. The number of H-pyrrole nitrogens is 1. The van der Waals surface area contributed by atoms with Crippen molar-refractivity contribution in [3.8, 4) is 0 Å². The van der Waals surface area contributed by atoms with E-state index in [1.54, 1.807) is 11.3 Å². The molecule has 3 N–H and O–H groups in total. The zero-order valence-electron chi connectivity index (χ0n) is 14.8. The van der Waals surface area contributed by atoms with Crippen LogP contribution in [-0.2, 0) is 0 Å². The third-order valence-corrected chi connectivity index (χ3v) is 5.34. The van der Waals surface area contributed by atoms with Gasteiger partial charge in [-0.15, -0.1) is 48.6 Å². The quantitative estimate of drug-likeness (QED) is 0.378. The maximum Gasteiger partial charge on any atom is 0.139 e. The molecular weight excluding hydrogens is 437 g/mol. The maximum atomic E-state index is 4.49. The molecule has 0 spiro atoms. The minimum absolute atomic E-state index is 0. The van der Waals surface area contributed by atoms with Crippen LogP contribution in [0.4, 0.5) is 11.4 Å². The first-order chi connectivity index (χ1) is 12.4. The number of nitrogens with zero attached hydrogens (tertiary/aromatic N) is 2. The molecule has 3 aromatic heterocycles. The first kappa shape index (κ1) is 22.5. The summed E-state index contributed by atoms with van der Waals surface area (Å²) >= 11 is 1.66. The molecule has 0 saturated carbocycles. The summed E-state index contributed by atoms with van der Waals surface area (Å²) in [6.07, 6.45) is 5.13. The number of anilines is 2. The van der Waals surface area contributed by atoms with Gasteiger partial charge in [0, 0.05) is 29.5 Å². The highest BCUT2D eigenvalue weighted by atomic mass is 35.5. The van der Waals surface area contributed by atoms with E-state index in [-0.39, 0.29) is 37.2 Å². The van der Waals surface area contributed by atoms with Crippen molar-refractivity contribution in [3.05, 3.63) is 53.8 Å². The molecule has 1 aliphatic rings. The van der Waals surface area contributed by atoms with Crippen LogP contribution in [0.1, 0.15) is 12.1 Å². The van der Waals surface area contributed by atoms with Crippen molar-refractivity contribution in [1.82, 2.24) is 20.3 Å². The number of pyridine rings is 1. The van der Waals surface area contributed by atoms with E-state index in [0.717, 1.165) is 53.1 Å². The van der Waals surface area contributed by atoms with Crippen molar-refractivity contribution < 1.29 is 0 Å². The molecule has 0 bridgehead atoms. The molecule has 0 aliphatic carbocycles. The second-order valence-electron chi connectivity index (χ2n) is 6.15. The van der Waals surface area contributed by atoms with Crippen molar-refractivity contribution in [1.29, 1.82) is 0 Å². The Balaban J connectivity index is 0.000000934.